The molecule has 120 heavy (non-hydrogen) atoms. The summed E-state index contributed by atoms with van der Waals surface area (Å²) in [6.45, 7) is -0.416. The van der Waals surface area contributed by atoms with Gasteiger partial charge < -0.3 is 191 Å². The van der Waals surface area contributed by atoms with E-state index in [0.717, 1.165) is 16.7 Å². The zero-order chi connectivity index (χ0) is 85.3. The lowest BCUT2D eigenvalue weighted by atomic mass is 9.80. The minimum absolute atomic E-state index is 0.0153. The van der Waals surface area contributed by atoms with E-state index in [0.29, 0.717) is 24.8 Å². The van der Waals surface area contributed by atoms with Crippen molar-refractivity contribution in [1.29, 1.82) is 0 Å². The maximum absolute atomic E-state index is 13.6. The summed E-state index contributed by atoms with van der Waals surface area (Å²) in [5.41, 5.74) is 27.1. The SMILES string of the molecule is CN[C@@H]1C[C@H](C)[C@@H](O[C@H]2O[C@@H]3COC(c4ccccc4)O[C@H]3[C@H](O)[C@H]2NC(=O)OCc2ccccc2)[C@H](O[C@@H]2O[C@H](CO)[C@@H](O[C@H]3O[C@H]4CCC(c5ccccc5)O[C@H]4[C@H](O)[C@H]3NC(=O)OCc3ccccc3)[C@H]2O)[C@H]1O.CN[C@@H]1C[C@H](N)[C@@H](O[C@H]2O[C@H](CO)[C@@H](O)[C@H](O)[C@H]2N)[C@H](O[C@@H]2O[C@H](CO)[C@@H](O[C@H]3O[C@@H](CN)[C@@H](O)[C@H](O)[C@H]3N)[C@H]2O)[C@H]1O. The summed E-state index contributed by atoms with van der Waals surface area (Å²) in [6.07, 6.45) is -40.3. The number of alkyl carbamates (subject to hydrolysis) is 2. The molecule has 8 aliphatic heterocycles. The van der Waals surface area contributed by atoms with Crippen LogP contribution in [-0.4, -0.2) is 352 Å². The van der Waals surface area contributed by atoms with Crippen LogP contribution in [0.25, 0.3) is 0 Å². The molecule has 2 aliphatic carbocycles. The van der Waals surface area contributed by atoms with Crippen molar-refractivity contribution in [3.63, 3.8) is 0 Å². The van der Waals surface area contributed by atoms with Crippen LogP contribution in [0.1, 0.15) is 67.3 Å². The summed E-state index contributed by atoms with van der Waals surface area (Å²) in [7, 11) is 3.28. The number of carbonyl (C=O) groups excluding carboxylic acids is 2. The van der Waals surface area contributed by atoms with Gasteiger partial charge in [0.2, 0.25) is 0 Å². The first kappa shape index (κ1) is 91.7. The average Bonchev–Trinajstić information content (AvgIpc) is 0.957. The van der Waals surface area contributed by atoms with E-state index in [4.69, 9.17) is 103 Å². The molecule has 40 atom stereocenters. The summed E-state index contributed by atoms with van der Waals surface area (Å²) in [6, 6.07) is 29.8. The Bertz CT molecular complexity index is 3790. The fourth-order valence-electron chi connectivity index (χ4n) is 17.1. The van der Waals surface area contributed by atoms with Gasteiger partial charge in [0.1, 0.15) is 147 Å². The summed E-state index contributed by atoms with van der Waals surface area (Å²) in [5, 5.41) is 154. The lowest BCUT2D eigenvalue weighted by Crippen LogP contribution is -2.68. The van der Waals surface area contributed by atoms with Gasteiger partial charge in [0.05, 0.1) is 69.0 Å². The molecule has 25 N–H and O–H groups in total. The van der Waals surface area contributed by atoms with Gasteiger partial charge in [-0.15, -0.1) is 0 Å². The number of rotatable bonds is 26. The highest BCUT2D eigenvalue weighted by molar-refractivity contribution is 5.68. The second-order valence-electron chi connectivity index (χ2n) is 31.8. The number of nitrogens with two attached hydrogens (primary N) is 4. The molecule has 0 spiro atoms. The van der Waals surface area contributed by atoms with Crippen LogP contribution in [0, 0.1) is 5.92 Å². The van der Waals surface area contributed by atoms with Gasteiger partial charge in [-0.05, 0) is 62.4 Å². The van der Waals surface area contributed by atoms with Gasteiger partial charge in [-0.2, -0.15) is 0 Å². The zero-order valence-electron chi connectivity index (χ0n) is 66.3. The Morgan fingerprint density at radius 2 is 0.833 bits per heavy atom. The number of hydrogen-bond acceptors (Lipinski definition) is 38. The van der Waals surface area contributed by atoms with Gasteiger partial charge in [-0.3, -0.25) is 0 Å². The average molecular weight is 1700 g/mol. The molecule has 4 aromatic carbocycles. The van der Waals surface area contributed by atoms with E-state index in [1.807, 2.05) is 104 Å². The van der Waals surface area contributed by atoms with Crippen molar-refractivity contribution in [1.82, 2.24) is 21.3 Å². The van der Waals surface area contributed by atoms with Crippen molar-refractivity contribution in [2.45, 2.75) is 285 Å². The Labute approximate surface area is 691 Å². The maximum Gasteiger partial charge on any atom is 0.407 e. The normalized spacial score (nSPS) is 43.2. The van der Waals surface area contributed by atoms with Crippen LogP contribution in [0.3, 0.4) is 0 Å². The predicted molar refractivity (Wildman–Crippen MR) is 410 cm³/mol. The maximum atomic E-state index is 13.6. The number of likely N-dealkylation sites (N-methyl/N-ethyl adjacent to an activating group) is 2. The molecule has 0 bridgehead atoms. The van der Waals surface area contributed by atoms with E-state index >= 15 is 0 Å². The Balaban J connectivity index is 0.000000245. The largest absolute Gasteiger partial charge is 0.445 e. The molecule has 10 aliphatic rings. The van der Waals surface area contributed by atoms with Crippen molar-refractivity contribution in [2.75, 3.05) is 47.1 Å². The third-order valence-electron chi connectivity index (χ3n) is 23.9. The minimum atomic E-state index is -1.67. The standard InChI is InChI=1S/C56H69N3O18.C24H47N5O14/c1-30-25-35(57-2)42(61)50(46(30)74-53-41(59-56(66)69-28-32-17-9-4-10-18-32)44(63)49-39(73-53)29-67-51(75-49)34-21-13-6-14-22-34)77-54-45(64)48(38(26-60)72-54)76-52-40(58-55(65)68-27-31-15-7-3-8-16-31)43(62)47-37(71-52)24-23-36(70-47)33-19-11-5-12-20-33;1-29-7-2-6(26)19(41-23-12(28)17(36)15(34)9(4-30)39-23)21(13(7)32)43-24-18(37)20(10(5-31)40-24)42-22-11(27)16(35)14(33)8(3-25)38-22/h3-22,30,35-54,57,60-64H,23-29H2,1-2H3,(H,58,65)(H,59,66);6-24,29-37H,2-5,25-28H2,1H3/t30-,35+,36?,37-,38+,39+,40+,41+,42-,43+,44+,45+,46+,47+,48+,49+,50+,51?,52+,53+,54-;6-,7+,8-,9+,10+,11+,12+,13-,14+,15+,16+,17+,18+,19+,20+,21+,22+,23+,24-/m00/s1. The van der Waals surface area contributed by atoms with Gasteiger partial charge >= 0.3 is 12.2 Å². The molecule has 2 amide bonds. The molecule has 2 unspecified atom stereocenters. The Morgan fingerprint density at radius 1 is 0.417 bits per heavy atom. The summed E-state index contributed by atoms with van der Waals surface area (Å²) < 4.78 is 104. The highest BCUT2D eigenvalue weighted by Crippen LogP contribution is 2.44. The molecule has 40 nitrogen and oxygen atoms in total. The van der Waals surface area contributed by atoms with E-state index in [2.05, 4.69) is 21.3 Å². The number of hydrogen-bond donors (Lipinski definition) is 21. The van der Waals surface area contributed by atoms with Crippen molar-refractivity contribution in [3.8, 4) is 0 Å². The van der Waals surface area contributed by atoms with E-state index in [1.54, 1.807) is 38.4 Å². The van der Waals surface area contributed by atoms with E-state index < -0.39 is 271 Å². The van der Waals surface area contributed by atoms with Crippen molar-refractivity contribution in [3.05, 3.63) is 144 Å². The lowest BCUT2D eigenvalue weighted by molar-refractivity contribution is -0.360. The molecule has 8 saturated heterocycles. The van der Waals surface area contributed by atoms with E-state index in [1.165, 1.54) is 0 Å². The van der Waals surface area contributed by atoms with Crippen LogP contribution >= 0.6 is 0 Å². The van der Waals surface area contributed by atoms with Gasteiger partial charge in [0.25, 0.3) is 0 Å². The fourth-order valence-corrected chi connectivity index (χ4v) is 17.1. The van der Waals surface area contributed by atoms with Crippen LogP contribution in [0.2, 0.25) is 0 Å². The van der Waals surface area contributed by atoms with Crippen molar-refractivity contribution >= 4 is 12.2 Å². The fraction of sp³-hybridized carbons (Fsp3) is 0.675. The van der Waals surface area contributed by atoms with Crippen molar-refractivity contribution < 1.29 is 157 Å². The topological polar surface area (TPSA) is 606 Å². The summed E-state index contributed by atoms with van der Waals surface area (Å²) >= 11 is 0. The number of amides is 2. The third-order valence-corrected chi connectivity index (χ3v) is 23.9. The van der Waals surface area contributed by atoms with E-state index in [-0.39, 0.29) is 38.9 Å². The van der Waals surface area contributed by atoms with Crippen LogP contribution in [0.4, 0.5) is 9.59 Å². The number of ether oxygens (including phenoxy) is 17. The molecular weight excluding hydrogens is 1580 g/mol. The molecule has 2 saturated carbocycles. The van der Waals surface area contributed by atoms with Gasteiger partial charge in [0, 0.05) is 30.2 Å². The molecular formula is C80H116N8O32. The second kappa shape index (κ2) is 41.9. The molecule has 4 aromatic rings. The van der Waals surface area contributed by atoms with Crippen LogP contribution in [0.5, 0.6) is 0 Å². The number of nitrogens with one attached hydrogen (secondary N) is 4. The van der Waals surface area contributed by atoms with Gasteiger partial charge in [0.15, 0.2) is 44.0 Å². The number of aliphatic hydroxyl groups is 13. The van der Waals surface area contributed by atoms with Gasteiger partial charge in [-0.1, -0.05) is 128 Å². The zero-order valence-corrected chi connectivity index (χ0v) is 66.3. The quantitative estimate of drug-likeness (QED) is 0.0279. The van der Waals surface area contributed by atoms with Crippen LogP contribution < -0.4 is 44.2 Å². The van der Waals surface area contributed by atoms with Gasteiger partial charge in [-0.25, -0.2) is 9.59 Å². The Hall–Kier alpha value is -5.94. The Kier molecular flexibility index (Phi) is 32.0. The molecule has 8 heterocycles. The van der Waals surface area contributed by atoms with Crippen molar-refractivity contribution in [2.24, 2.45) is 28.9 Å². The second-order valence-corrected chi connectivity index (χ2v) is 31.8. The number of benzene rings is 4. The summed E-state index contributed by atoms with van der Waals surface area (Å²) in [4.78, 5) is 27.0. The first-order valence-corrected chi connectivity index (χ1v) is 40.6. The van der Waals surface area contributed by atoms with E-state index in [9.17, 15) is 76.0 Å². The number of aliphatic hydroxyl groups excluding tert-OH is 13. The smallest absolute Gasteiger partial charge is 0.407 e. The molecule has 14 rings (SSSR count). The highest BCUT2D eigenvalue weighted by Gasteiger charge is 2.60. The molecule has 10 fully saturated rings. The Morgan fingerprint density at radius 3 is 1.33 bits per heavy atom. The predicted octanol–water partition coefficient (Wildman–Crippen LogP) is -5.60. The first-order chi connectivity index (χ1) is 57.8. The first-order valence-electron chi connectivity index (χ1n) is 40.6. The minimum Gasteiger partial charge on any atom is -0.445 e. The number of carbonyl (C=O) groups is 2. The molecule has 40 heteroatoms. The van der Waals surface area contributed by atoms with Crippen LogP contribution in [-0.2, 0) is 93.7 Å². The summed E-state index contributed by atoms with van der Waals surface area (Å²) in [5.74, 6) is -0.414. The molecule has 668 valence electrons. The highest BCUT2D eigenvalue weighted by atomic mass is 16.8. The third kappa shape index (κ3) is 20.8. The molecule has 0 radical (unpaired) electrons. The monoisotopic (exact) mass is 1700 g/mol. The molecule has 0 aromatic heterocycles. The number of fused-ring (bicyclic) bond motifs is 2. The van der Waals surface area contributed by atoms with Crippen LogP contribution in [0.15, 0.2) is 121 Å². The lowest BCUT2D eigenvalue weighted by Gasteiger charge is -2.50.